The lowest BCUT2D eigenvalue weighted by Gasteiger charge is -2.41. The first-order valence-electron chi connectivity index (χ1n) is 12.0. The lowest BCUT2D eigenvalue weighted by molar-refractivity contribution is -0.120. The molecule has 0 N–H and O–H groups in total. The third kappa shape index (κ3) is 4.10. The van der Waals surface area contributed by atoms with Gasteiger partial charge in [0.2, 0.25) is 5.91 Å². The maximum atomic E-state index is 13.1. The van der Waals surface area contributed by atoms with Gasteiger partial charge in [-0.3, -0.25) is 14.7 Å². The quantitative estimate of drug-likeness (QED) is 0.687. The van der Waals surface area contributed by atoms with Crippen molar-refractivity contribution in [1.82, 2.24) is 4.98 Å². The van der Waals surface area contributed by atoms with E-state index in [9.17, 15) is 9.59 Å². The third-order valence-electron chi connectivity index (χ3n) is 7.03. The molecule has 3 fully saturated rings. The van der Waals surface area contributed by atoms with Crippen LogP contribution in [0.25, 0.3) is 11.1 Å². The second-order valence-corrected chi connectivity index (χ2v) is 9.87. The van der Waals surface area contributed by atoms with Crippen molar-refractivity contribution in [2.24, 2.45) is 11.8 Å². The molecule has 0 radical (unpaired) electrons. The van der Waals surface area contributed by atoms with Crippen LogP contribution >= 0.6 is 0 Å². The summed E-state index contributed by atoms with van der Waals surface area (Å²) in [7, 11) is 0. The zero-order valence-electron chi connectivity index (χ0n) is 18.9. The standard InChI is InChI=1S/C26H29N3O4/c1-16-13-28(26(31)33-22-14-32-15-22)24-11-19(7-9-23(24)29(16)25(30)18-4-5-18)20-6-8-21(27-12-20)10-17-2-3-17/h6-9,11-12,16-18,22H,2-5,10,13-15H2,1H3/t16-/m0/s1. The molecule has 6 rings (SSSR count). The van der Waals surface area contributed by atoms with E-state index < -0.39 is 0 Å². The van der Waals surface area contributed by atoms with E-state index in [4.69, 9.17) is 9.47 Å². The topological polar surface area (TPSA) is 72.0 Å². The van der Waals surface area contributed by atoms with Crippen molar-refractivity contribution in [3.8, 4) is 11.1 Å². The van der Waals surface area contributed by atoms with Gasteiger partial charge in [-0.2, -0.15) is 0 Å². The molecule has 1 aromatic carbocycles. The number of anilines is 2. The summed E-state index contributed by atoms with van der Waals surface area (Å²) in [6.07, 6.45) is 6.88. The SMILES string of the molecule is C[C@H]1CN(C(=O)OC2COC2)c2cc(-c3ccc(CC4CC4)nc3)ccc2N1C(=O)C1CC1. The summed E-state index contributed by atoms with van der Waals surface area (Å²) < 4.78 is 10.8. The second-order valence-electron chi connectivity index (χ2n) is 9.87. The molecular weight excluding hydrogens is 418 g/mol. The van der Waals surface area contributed by atoms with Crippen molar-refractivity contribution < 1.29 is 19.1 Å². The van der Waals surface area contributed by atoms with Crippen LogP contribution in [0.2, 0.25) is 0 Å². The van der Waals surface area contributed by atoms with Crippen molar-refractivity contribution in [1.29, 1.82) is 0 Å². The zero-order chi connectivity index (χ0) is 22.5. The minimum atomic E-state index is -0.384. The monoisotopic (exact) mass is 447 g/mol. The minimum absolute atomic E-state index is 0.105. The molecule has 3 heterocycles. The van der Waals surface area contributed by atoms with Gasteiger partial charge in [-0.05, 0) is 68.7 Å². The van der Waals surface area contributed by atoms with Crippen LogP contribution in [0.15, 0.2) is 36.5 Å². The highest BCUT2D eigenvalue weighted by Crippen LogP contribution is 2.42. The molecule has 7 heteroatoms. The molecule has 1 saturated heterocycles. The number of amides is 2. The molecule has 7 nitrogen and oxygen atoms in total. The Labute approximate surface area is 193 Å². The molecule has 0 bridgehead atoms. The van der Waals surface area contributed by atoms with Gasteiger partial charge in [-0.25, -0.2) is 4.79 Å². The number of hydrogen-bond acceptors (Lipinski definition) is 5. The first-order chi connectivity index (χ1) is 16.1. The van der Waals surface area contributed by atoms with Gasteiger partial charge < -0.3 is 14.4 Å². The summed E-state index contributed by atoms with van der Waals surface area (Å²) in [5, 5.41) is 0. The maximum Gasteiger partial charge on any atom is 0.414 e. The fourth-order valence-corrected chi connectivity index (χ4v) is 4.66. The van der Waals surface area contributed by atoms with Gasteiger partial charge >= 0.3 is 6.09 Å². The molecule has 2 aliphatic heterocycles. The predicted octanol–water partition coefficient (Wildman–Crippen LogP) is 4.19. The van der Waals surface area contributed by atoms with Crippen molar-refractivity contribution >= 4 is 23.4 Å². The van der Waals surface area contributed by atoms with Crippen molar-refractivity contribution in [2.45, 2.75) is 51.2 Å². The fraction of sp³-hybridized carbons (Fsp3) is 0.500. The molecule has 2 aromatic rings. The second kappa shape index (κ2) is 8.13. The fourth-order valence-electron chi connectivity index (χ4n) is 4.66. The molecule has 1 aromatic heterocycles. The largest absolute Gasteiger partial charge is 0.441 e. The third-order valence-corrected chi connectivity index (χ3v) is 7.03. The summed E-state index contributed by atoms with van der Waals surface area (Å²) in [5.74, 6) is 1.06. The number of carbonyl (C=O) groups is 2. The van der Waals surface area contributed by atoms with Crippen LogP contribution in [-0.2, 0) is 20.7 Å². The van der Waals surface area contributed by atoms with E-state index in [0.717, 1.165) is 47.7 Å². The van der Waals surface area contributed by atoms with E-state index in [1.807, 2.05) is 36.2 Å². The first-order valence-corrected chi connectivity index (χ1v) is 12.0. The first kappa shape index (κ1) is 20.7. The highest BCUT2D eigenvalue weighted by Gasteiger charge is 2.42. The number of pyridine rings is 1. The van der Waals surface area contributed by atoms with E-state index in [2.05, 4.69) is 17.1 Å². The van der Waals surface area contributed by atoms with E-state index >= 15 is 0 Å². The predicted molar refractivity (Wildman–Crippen MR) is 124 cm³/mol. The summed E-state index contributed by atoms with van der Waals surface area (Å²) in [6.45, 7) is 3.27. The average molecular weight is 448 g/mol. The average Bonchev–Trinajstić information content (AvgIpc) is 3.70. The number of rotatable bonds is 5. The molecule has 1 atom stereocenters. The van der Waals surface area contributed by atoms with Gasteiger partial charge in [0.25, 0.3) is 0 Å². The summed E-state index contributed by atoms with van der Waals surface area (Å²) in [6, 6.07) is 10.0. The molecule has 0 unspecified atom stereocenters. The Morgan fingerprint density at radius 3 is 2.48 bits per heavy atom. The van der Waals surface area contributed by atoms with Gasteiger partial charge in [0.05, 0.1) is 30.6 Å². The maximum absolute atomic E-state index is 13.1. The highest BCUT2D eigenvalue weighted by atomic mass is 16.6. The van der Waals surface area contributed by atoms with Crippen LogP contribution in [0, 0.1) is 11.8 Å². The Hall–Kier alpha value is -2.93. The molecule has 0 spiro atoms. The number of ether oxygens (including phenoxy) is 2. The van der Waals surface area contributed by atoms with Crippen LogP contribution in [0.1, 0.15) is 38.3 Å². The lowest BCUT2D eigenvalue weighted by atomic mass is 10.0. The summed E-state index contributed by atoms with van der Waals surface area (Å²) >= 11 is 0. The van der Waals surface area contributed by atoms with Crippen LogP contribution in [0.5, 0.6) is 0 Å². The van der Waals surface area contributed by atoms with Crippen LogP contribution in [0.4, 0.5) is 16.2 Å². The molecule has 2 amide bonds. The Morgan fingerprint density at radius 2 is 1.85 bits per heavy atom. The van der Waals surface area contributed by atoms with Crippen molar-refractivity contribution in [3.05, 3.63) is 42.2 Å². The summed E-state index contributed by atoms with van der Waals surface area (Å²) in [5.41, 5.74) is 4.58. The Kier molecular flexibility index (Phi) is 5.09. The molecule has 2 aliphatic carbocycles. The molecule has 2 saturated carbocycles. The Morgan fingerprint density at radius 1 is 1.06 bits per heavy atom. The number of fused-ring (bicyclic) bond motifs is 1. The lowest BCUT2D eigenvalue weighted by Crippen LogP contribution is -2.53. The Bertz CT molecular complexity index is 1070. The molecule has 172 valence electrons. The van der Waals surface area contributed by atoms with Gasteiger partial charge in [0.15, 0.2) is 6.10 Å². The summed E-state index contributed by atoms with van der Waals surface area (Å²) in [4.78, 5) is 34.4. The smallest absolute Gasteiger partial charge is 0.414 e. The normalized spacial score (nSPS) is 22.5. The van der Waals surface area contributed by atoms with Crippen molar-refractivity contribution in [3.63, 3.8) is 0 Å². The Balaban J connectivity index is 1.33. The molecule has 4 aliphatic rings. The molecule has 33 heavy (non-hydrogen) atoms. The van der Waals surface area contributed by atoms with Crippen LogP contribution < -0.4 is 9.80 Å². The van der Waals surface area contributed by atoms with Crippen molar-refractivity contribution in [2.75, 3.05) is 29.6 Å². The number of aromatic nitrogens is 1. The van der Waals surface area contributed by atoms with E-state index in [0.29, 0.717) is 25.4 Å². The number of hydrogen-bond donors (Lipinski definition) is 0. The van der Waals surface area contributed by atoms with Crippen LogP contribution in [0.3, 0.4) is 0 Å². The van der Waals surface area contributed by atoms with Gasteiger partial charge in [0, 0.05) is 29.9 Å². The minimum Gasteiger partial charge on any atom is -0.441 e. The molecular formula is C26H29N3O4. The van der Waals surface area contributed by atoms with Gasteiger partial charge in [0.1, 0.15) is 0 Å². The number of nitrogens with zero attached hydrogens (tertiary/aromatic N) is 3. The number of carbonyl (C=O) groups excluding carboxylic acids is 2. The zero-order valence-corrected chi connectivity index (χ0v) is 18.9. The van der Waals surface area contributed by atoms with E-state index in [1.165, 1.54) is 12.8 Å². The van der Waals surface area contributed by atoms with Gasteiger partial charge in [-0.1, -0.05) is 12.1 Å². The van der Waals surface area contributed by atoms with Crippen LogP contribution in [-0.4, -0.2) is 48.9 Å². The number of benzene rings is 1. The van der Waals surface area contributed by atoms with Gasteiger partial charge in [-0.15, -0.1) is 0 Å². The highest BCUT2D eigenvalue weighted by molar-refractivity contribution is 6.05. The van der Waals surface area contributed by atoms with E-state index in [-0.39, 0.29) is 30.1 Å². The van der Waals surface area contributed by atoms with E-state index in [1.54, 1.807) is 4.90 Å².